The number of rotatable bonds is 5. The Morgan fingerprint density at radius 2 is 2.37 bits per heavy atom. The van der Waals surface area contributed by atoms with Gasteiger partial charge in [0.05, 0.1) is 6.61 Å². The highest BCUT2D eigenvalue weighted by molar-refractivity contribution is 6.32. The van der Waals surface area contributed by atoms with Crippen LogP contribution in [0.15, 0.2) is 6.07 Å². The molecule has 1 aromatic rings. The molecule has 0 aliphatic heterocycles. The van der Waals surface area contributed by atoms with Gasteiger partial charge in [-0.2, -0.15) is 4.98 Å². The third-order valence-corrected chi connectivity index (χ3v) is 3.34. The molecule has 1 aliphatic rings. The number of ether oxygens (including phenoxy) is 1. The van der Waals surface area contributed by atoms with Crippen LogP contribution in [-0.2, 0) is 4.74 Å². The summed E-state index contributed by atoms with van der Waals surface area (Å²) in [7, 11) is 0. The summed E-state index contributed by atoms with van der Waals surface area (Å²) in [6.45, 7) is 2.27. The number of pyridine rings is 1. The van der Waals surface area contributed by atoms with Crippen LogP contribution in [0.2, 0.25) is 5.02 Å². The maximum atomic E-state index is 11.9. The molecule has 0 unspecified atom stereocenters. The summed E-state index contributed by atoms with van der Waals surface area (Å²) in [5.41, 5.74) is 0.267. The molecule has 5 nitrogen and oxygen atoms in total. The zero-order valence-corrected chi connectivity index (χ0v) is 11.5. The summed E-state index contributed by atoms with van der Waals surface area (Å²) in [5.74, 6) is -0.415. The van der Waals surface area contributed by atoms with Crippen molar-refractivity contribution in [1.29, 1.82) is 0 Å². The van der Waals surface area contributed by atoms with Crippen LogP contribution >= 0.6 is 11.6 Å². The molecular weight excluding hydrogens is 268 g/mol. The first-order chi connectivity index (χ1) is 9.11. The molecule has 0 aromatic carbocycles. The Morgan fingerprint density at radius 3 is 2.95 bits per heavy atom. The molecule has 0 amide bonds. The lowest BCUT2D eigenvalue weighted by Gasteiger charge is -2.27. The smallest absolute Gasteiger partial charge is 0.341 e. The number of nitrogens with zero attached hydrogens (tertiary/aromatic N) is 1. The lowest BCUT2D eigenvalue weighted by molar-refractivity contribution is 0.0505. The van der Waals surface area contributed by atoms with Crippen molar-refractivity contribution in [2.24, 2.45) is 0 Å². The Kier molecular flexibility index (Phi) is 4.47. The van der Waals surface area contributed by atoms with Crippen LogP contribution in [0.1, 0.15) is 43.0 Å². The lowest BCUT2D eigenvalue weighted by Crippen LogP contribution is -2.28. The first kappa shape index (κ1) is 13.9. The van der Waals surface area contributed by atoms with Crippen molar-refractivity contribution >= 4 is 23.4 Å². The molecule has 19 heavy (non-hydrogen) atoms. The molecule has 0 atom stereocenters. The molecule has 1 fully saturated rings. The van der Waals surface area contributed by atoms with E-state index < -0.39 is 5.97 Å². The van der Waals surface area contributed by atoms with Crippen molar-refractivity contribution in [2.45, 2.75) is 38.6 Å². The Hall–Kier alpha value is -1.49. The summed E-state index contributed by atoms with van der Waals surface area (Å²) in [5, 5.41) is 12.7. The van der Waals surface area contributed by atoms with Crippen LogP contribution in [0.4, 0.5) is 5.82 Å². The zero-order chi connectivity index (χ0) is 13.8. The van der Waals surface area contributed by atoms with Gasteiger partial charge in [0.25, 0.3) is 0 Å². The SMILES string of the molecule is CCCOC(=O)c1cc(Cl)c(O)nc1NC1CCC1. The number of aromatic hydroxyl groups is 1. The van der Waals surface area contributed by atoms with Crippen molar-refractivity contribution in [2.75, 3.05) is 11.9 Å². The summed E-state index contributed by atoms with van der Waals surface area (Å²) in [6, 6.07) is 1.69. The number of nitrogens with one attached hydrogen (secondary N) is 1. The van der Waals surface area contributed by atoms with E-state index >= 15 is 0 Å². The molecular formula is C13H17ClN2O3. The fourth-order valence-electron chi connectivity index (χ4n) is 1.76. The maximum absolute atomic E-state index is 11.9. The average Bonchev–Trinajstić information content (AvgIpc) is 2.34. The molecule has 1 aromatic heterocycles. The van der Waals surface area contributed by atoms with Gasteiger partial charge in [0.1, 0.15) is 16.4 Å². The van der Waals surface area contributed by atoms with E-state index in [0.29, 0.717) is 18.5 Å². The van der Waals surface area contributed by atoms with Crippen molar-refractivity contribution in [3.05, 3.63) is 16.7 Å². The zero-order valence-electron chi connectivity index (χ0n) is 10.8. The van der Waals surface area contributed by atoms with E-state index in [0.717, 1.165) is 25.7 Å². The van der Waals surface area contributed by atoms with E-state index in [1.807, 2.05) is 6.92 Å². The predicted molar refractivity (Wildman–Crippen MR) is 72.7 cm³/mol. The summed E-state index contributed by atoms with van der Waals surface area (Å²) in [4.78, 5) is 15.9. The van der Waals surface area contributed by atoms with E-state index in [9.17, 15) is 9.90 Å². The van der Waals surface area contributed by atoms with Crippen LogP contribution < -0.4 is 5.32 Å². The van der Waals surface area contributed by atoms with Crippen molar-refractivity contribution in [1.82, 2.24) is 4.98 Å². The quantitative estimate of drug-likeness (QED) is 0.813. The highest BCUT2D eigenvalue weighted by atomic mass is 35.5. The van der Waals surface area contributed by atoms with Crippen LogP contribution in [-0.4, -0.2) is 28.7 Å². The molecule has 0 bridgehead atoms. The molecule has 0 saturated heterocycles. The number of hydrogen-bond donors (Lipinski definition) is 2. The third kappa shape index (κ3) is 3.29. The minimum Gasteiger partial charge on any atom is -0.492 e. The van der Waals surface area contributed by atoms with Crippen molar-refractivity contribution < 1.29 is 14.6 Å². The van der Waals surface area contributed by atoms with E-state index in [1.54, 1.807) is 0 Å². The molecule has 2 N–H and O–H groups in total. The van der Waals surface area contributed by atoms with E-state index in [-0.39, 0.29) is 16.5 Å². The molecule has 0 radical (unpaired) electrons. The number of carbonyl (C=O) groups excluding carboxylic acids is 1. The summed E-state index contributed by atoms with van der Waals surface area (Å²) >= 11 is 5.80. The summed E-state index contributed by atoms with van der Waals surface area (Å²) in [6.07, 6.45) is 3.98. The minimum atomic E-state index is -0.474. The minimum absolute atomic E-state index is 0.0441. The fourth-order valence-corrected chi connectivity index (χ4v) is 1.91. The van der Waals surface area contributed by atoms with Crippen LogP contribution in [0.25, 0.3) is 0 Å². The maximum Gasteiger partial charge on any atom is 0.341 e. The molecule has 2 rings (SSSR count). The largest absolute Gasteiger partial charge is 0.492 e. The van der Waals surface area contributed by atoms with Crippen LogP contribution in [0.3, 0.4) is 0 Å². The number of carbonyl (C=O) groups is 1. The topological polar surface area (TPSA) is 71.5 Å². The van der Waals surface area contributed by atoms with Gasteiger partial charge in [-0.05, 0) is 31.7 Å². The van der Waals surface area contributed by atoms with Crippen molar-refractivity contribution in [3.8, 4) is 5.88 Å². The fraction of sp³-hybridized carbons (Fsp3) is 0.538. The van der Waals surface area contributed by atoms with Crippen LogP contribution in [0, 0.1) is 0 Å². The molecule has 1 heterocycles. The van der Waals surface area contributed by atoms with E-state index in [2.05, 4.69) is 10.3 Å². The highest BCUT2D eigenvalue weighted by Crippen LogP contribution is 2.30. The third-order valence-electron chi connectivity index (χ3n) is 3.06. The number of hydrogen-bond acceptors (Lipinski definition) is 5. The number of halogens is 1. The van der Waals surface area contributed by atoms with Gasteiger partial charge in [0.2, 0.25) is 5.88 Å². The van der Waals surface area contributed by atoms with Crippen LogP contribution in [0.5, 0.6) is 5.88 Å². The van der Waals surface area contributed by atoms with Gasteiger partial charge in [0.15, 0.2) is 0 Å². The van der Waals surface area contributed by atoms with Gasteiger partial charge in [-0.25, -0.2) is 4.79 Å². The number of esters is 1. The van der Waals surface area contributed by atoms with Gasteiger partial charge in [-0.1, -0.05) is 18.5 Å². The second kappa shape index (κ2) is 6.10. The first-order valence-corrected chi connectivity index (χ1v) is 6.82. The molecule has 1 aliphatic carbocycles. The summed E-state index contributed by atoms with van der Waals surface area (Å²) < 4.78 is 5.09. The monoisotopic (exact) mass is 284 g/mol. The first-order valence-electron chi connectivity index (χ1n) is 6.45. The second-order valence-corrected chi connectivity index (χ2v) is 5.01. The lowest BCUT2D eigenvalue weighted by atomic mass is 9.93. The van der Waals surface area contributed by atoms with Gasteiger partial charge in [-0.15, -0.1) is 0 Å². The van der Waals surface area contributed by atoms with Gasteiger partial charge in [0, 0.05) is 6.04 Å². The average molecular weight is 285 g/mol. The van der Waals surface area contributed by atoms with Crippen molar-refractivity contribution in [3.63, 3.8) is 0 Å². The molecule has 104 valence electrons. The Bertz CT molecular complexity index is 475. The van der Waals surface area contributed by atoms with E-state index in [1.165, 1.54) is 6.07 Å². The number of aromatic nitrogens is 1. The molecule has 1 saturated carbocycles. The highest BCUT2D eigenvalue weighted by Gasteiger charge is 2.23. The van der Waals surface area contributed by atoms with Gasteiger partial charge < -0.3 is 15.2 Å². The molecule has 0 spiro atoms. The van der Waals surface area contributed by atoms with Gasteiger partial charge in [-0.3, -0.25) is 0 Å². The normalized spacial score (nSPS) is 14.8. The predicted octanol–water partition coefficient (Wildman–Crippen LogP) is 2.97. The standard InChI is InChI=1S/C13H17ClN2O3/c1-2-6-19-13(18)9-7-10(14)12(17)16-11(9)15-8-4-3-5-8/h7-8H,2-6H2,1H3,(H2,15,16,17). The Labute approximate surface area is 116 Å². The second-order valence-electron chi connectivity index (χ2n) is 4.60. The van der Waals surface area contributed by atoms with E-state index in [4.69, 9.17) is 16.3 Å². The Morgan fingerprint density at radius 1 is 1.63 bits per heavy atom. The Balaban J connectivity index is 2.22. The number of anilines is 1. The molecule has 6 heteroatoms. The van der Waals surface area contributed by atoms with Gasteiger partial charge >= 0.3 is 5.97 Å².